The predicted octanol–water partition coefficient (Wildman–Crippen LogP) is 9.42. The lowest BCUT2D eigenvalue weighted by Gasteiger charge is -2.31. The van der Waals surface area contributed by atoms with Crippen molar-refractivity contribution in [2.24, 2.45) is 0 Å². The Morgan fingerprint density at radius 1 is 0.793 bits per heavy atom. The number of rotatable bonds is 15. The fourth-order valence-corrected chi connectivity index (χ4v) is 5.85. The third-order valence-corrected chi connectivity index (χ3v) is 7.87. The van der Waals surface area contributed by atoms with Crippen molar-refractivity contribution in [3.05, 3.63) is 28.2 Å². The first-order valence-electron chi connectivity index (χ1n) is 12.6. The molecule has 29 heavy (non-hydrogen) atoms. The first-order chi connectivity index (χ1) is 14.0. The largest absolute Gasteiger partial charge is 0.368 e. The molecule has 0 N–H and O–H groups in total. The van der Waals surface area contributed by atoms with Gasteiger partial charge in [-0.05, 0) is 31.0 Å². The Balaban J connectivity index is 1.53. The summed E-state index contributed by atoms with van der Waals surface area (Å²) in [6.07, 6.45) is 20.0. The molecule has 1 unspecified atom stereocenters. The first kappa shape index (κ1) is 24.8. The standard InChI is InChI=1S/C27H46BrN/c1-5-6-7-8-9-10-11-12-13-14-15-16-17-18-22-29-23(2)27(3,4)26-24(28)20-19-21-25(26)29/h19-21,23H,5-18,22H2,1-4H3. The molecule has 0 radical (unpaired) electrons. The Bertz CT molecular complexity index is 580. The fourth-order valence-electron chi connectivity index (χ4n) is 4.99. The van der Waals surface area contributed by atoms with E-state index in [0.717, 1.165) is 0 Å². The maximum Gasteiger partial charge on any atom is 0.0419 e. The van der Waals surface area contributed by atoms with E-state index in [2.05, 4.69) is 66.7 Å². The molecule has 1 aromatic carbocycles. The van der Waals surface area contributed by atoms with E-state index >= 15 is 0 Å². The Hall–Kier alpha value is -0.500. The van der Waals surface area contributed by atoms with Gasteiger partial charge in [0.25, 0.3) is 0 Å². The zero-order valence-corrected chi connectivity index (χ0v) is 21.3. The van der Waals surface area contributed by atoms with Crippen molar-refractivity contribution in [1.82, 2.24) is 0 Å². The average molecular weight is 465 g/mol. The third-order valence-electron chi connectivity index (χ3n) is 7.21. The second-order valence-corrected chi connectivity index (χ2v) is 10.7. The van der Waals surface area contributed by atoms with Crippen LogP contribution in [0.4, 0.5) is 5.69 Å². The van der Waals surface area contributed by atoms with Crippen molar-refractivity contribution in [2.75, 3.05) is 11.4 Å². The Labute approximate surface area is 190 Å². The van der Waals surface area contributed by atoms with E-state index < -0.39 is 0 Å². The highest BCUT2D eigenvalue weighted by Gasteiger charge is 2.42. The summed E-state index contributed by atoms with van der Waals surface area (Å²) < 4.78 is 1.27. The Kier molecular flexibility index (Phi) is 11.1. The topological polar surface area (TPSA) is 3.24 Å². The van der Waals surface area contributed by atoms with Crippen LogP contribution in [0.15, 0.2) is 22.7 Å². The maximum absolute atomic E-state index is 3.80. The van der Waals surface area contributed by atoms with Gasteiger partial charge in [-0.15, -0.1) is 0 Å². The van der Waals surface area contributed by atoms with Crippen molar-refractivity contribution in [3.63, 3.8) is 0 Å². The number of anilines is 1. The molecule has 1 heterocycles. The number of hydrogen-bond donors (Lipinski definition) is 0. The van der Waals surface area contributed by atoms with Gasteiger partial charge in [-0.25, -0.2) is 0 Å². The van der Waals surface area contributed by atoms with Gasteiger partial charge in [0, 0.05) is 28.2 Å². The van der Waals surface area contributed by atoms with Crippen molar-refractivity contribution in [3.8, 4) is 0 Å². The van der Waals surface area contributed by atoms with Gasteiger partial charge < -0.3 is 4.90 Å². The molecular formula is C27H46BrN. The minimum absolute atomic E-state index is 0.214. The van der Waals surface area contributed by atoms with Crippen LogP contribution in [0.1, 0.15) is 123 Å². The van der Waals surface area contributed by atoms with E-state index in [-0.39, 0.29) is 5.41 Å². The van der Waals surface area contributed by atoms with E-state index in [0.29, 0.717) is 6.04 Å². The Morgan fingerprint density at radius 2 is 1.28 bits per heavy atom. The summed E-state index contributed by atoms with van der Waals surface area (Å²) in [7, 11) is 0. The van der Waals surface area contributed by atoms with E-state index in [1.54, 1.807) is 0 Å². The summed E-state index contributed by atoms with van der Waals surface area (Å²) in [5.41, 5.74) is 3.16. The second kappa shape index (κ2) is 13.0. The molecule has 0 spiro atoms. The molecule has 0 aromatic heterocycles. The molecule has 1 aromatic rings. The lowest BCUT2D eigenvalue weighted by Crippen LogP contribution is -2.39. The summed E-state index contributed by atoms with van der Waals surface area (Å²) in [5.74, 6) is 0. The molecule has 0 aliphatic carbocycles. The fraction of sp³-hybridized carbons (Fsp3) is 0.778. The summed E-state index contributed by atoms with van der Waals surface area (Å²) in [5, 5.41) is 0. The highest BCUT2D eigenvalue weighted by molar-refractivity contribution is 9.10. The second-order valence-electron chi connectivity index (χ2n) is 9.82. The van der Waals surface area contributed by atoms with Gasteiger partial charge in [0.1, 0.15) is 0 Å². The molecule has 1 atom stereocenters. The quantitative estimate of drug-likeness (QED) is 0.234. The zero-order chi connectivity index (χ0) is 21.1. The Morgan fingerprint density at radius 3 is 1.79 bits per heavy atom. The van der Waals surface area contributed by atoms with Gasteiger partial charge in [0.05, 0.1) is 0 Å². The van der Waals surface area contributed by atoms with Crippen LogP contribution < -0.4 is 4.90 Å². The molecule has 166 valence electrons. The molecule has 2 rings (SSSR count). The highest BCUT2D eigenvalue weighted by Crippen LogP contribution is 2.48. The predicted molar refractivity (Wildman–Crippen MR) is 134 cm³/mol. The number of fused-ring (bicyclic) bond motifs is 1. The normalized spacial score (nSPS) is 17.7. The van der Waals surface area contributed by atoms with Crippen molar-refractivity contribution in [1.29, 1.82) is 0 Å². The maximum atomic E-state index is 3.80. The molecule has 0 bridgehead atoms. The zero-order valence-electron chi connectivity index (χ0n) is 19.7. The number of benzene rings is 1. The molecule has 2 heteroatoms. The van der Waals surface area contributed by atoms with Crippen LogP contribution in [0.3, 0.4) is 0 Å². The molecule has 1 aliphatic heterocycles. The minimum atomic E-state index is 0.214. The van der Waals surface area contributed by atoms with Crippen LogP contribution in [0, 0.1) is 0 Å². The molecule has 1 nitrogen and oxygen atoms in total. The van der Waals surface area contributed by atoms with Gasteiger partial charge >= 0.3 is 0 Å². The number of unbranched alkanes of at least 4 members (excludes halogenated alkanes) is 13. The van der Waals surface area contributed by atoms with E-state index in [1.807, 2.05) is 0 Å². The average Bonchev–Trinajstić information content (AvgIpc) is 2.89. The van der Waals surface area contributed by atoms with E-state index in [4.69, 9.17) is 0 Å². The smallest absolute Gasteiger partial charge is 0.0419 e. The molecule has 0 saturated heterocycles. The summed E-state index contributed by atoms with van der Waals surface area (Å²) in [6.45, 7) is 10.7. The molecular weight excluding hydrogens is 418 g/mol. The summed E-state index contributed by atoms with van der Waals surface area (Å²) in [6, 6.07) is 7.27. The van der Waals surface area contributed by atoms with Gasteiger partial charge in [0.2, 0.25) is 0 Å². The monoisotopic (exact) mass is 463 g/mol. The van der Waals surface area contributed by atoms with Crippen molar-refractivity contribution >= 4 is 21.6 Å². The van der Waals surface area contributed by atoms with Gasteiger partial charge in [0.15, 0.2) is 0 Å². The van der Waals surface area contributed by atoms with Crippen molar-refractivity contribution in [2.45, 2.75) is 129 Å². The van der Waals surface area contributed by atoms with Crippen LogP contribution in [0.5, 0.6) is 0 Å². The van der Waals surface area contributed by atoms with E-state index in [9.17, 15) is 0 Å². The van der Waals surface area contributed by atoms with Gasteiger partial charge in [-0.2, -0.15) is 0 Å². The lowest BCUT2D eigenvalue weighted by atomic mass is 9.81. The number of halogens is 1. The van der Waals surface area contributed by atoms with Gasteiger partial charge in [-0.3, -0.25) is 0 Å². The summed E-state index contributed by atoms with van der Waals surface area (Å²) >= 11 is 3.80. The minimum Gasteiger partial charge on any atom is -0.368 e. The highest BCUT2D eigenvalue weighted by atomic mass is 79.9. The van der Waals surface area contributed by atoms with E-state index in [1.165, 1.54) is 112 Å². The SMILES string of the molecule is CCCCCCCCCCCCCCCCN1c2cccc(Br)c2C(C)(C)C1C. The first-order valence-corrected chi connectivity index (χ1v) is 13.3. The third kappa shape index (κ3) is 7.30. The van der Waals surface area contributed by atoms with Crippen LogP contribution in [0.25, 0.3) is 0 Å². The molecule has 0 amide bonds. The molecule has 0 fully saturated rings. The summed E-state index contributed by atoms with van der Waals surface area (Å²) in [4.78, 5) is 2.65. The van der Waals surface area contributed by atoms with Crippen LogP contribution in [-0.2, 0) is 5.41 Å². The molecule has 0 saturated carbocycles. The van der Waals surface area contributed by atoms with Crippen LogP contribution >= 0.6 is 15.9 Å². The van der Waals surface area contributed by atoms with Crippen LogP contribution in [0.2, 0.25) is 0 Å². The number of nitrogens with zero attached hydrogens (tertiary/aromatic N) is 1. The van der Waals surface area contributed by atoms with Crippen molar-refractivity contribution < 1.29 is 0 Å². The van der Waals surface area contributed by atoms with Crippen LogP contribution in [-0.4, -0.2) is 12.6 Å². The molecule has 1 aliphatic rings. The lowest BCUT2D eigenvalue weighted by molar-refractivity contribution is 0.435. The van der Waals surface area contributed by atoms with Gasteiger partial charge in [-0.1, -0.05) is 126 Å². The number of hydrogen-bond acceptors (Lipinski definition) is 1.